The van der Waals surface area contributed by atoms with Gasteiger partial charge in [0.05, 0.1) is 5.92 Å². The average molecular weight is 483 g/mol. The molecule has 0 unspecified atom stereocenters. The molecule has 182 valence electrons. The Morgan fingerprint density at radius 1 is 0.917 bits per heavy atom. The molecule has 0 aliphatic heterocycles. The fourth-order valence-electron chi connectivity index (χ4n) is 4.07. The van der Waals surface area contributed by atoms with Gasteiger partial charge in [-0.2, -0.15) is 0 Å². The van der Waals surface area contributed by atoms with Gasteiger partial charge in [0.15, 0.2) is 12.2 Å². The van der Waals surface area contributed by atoms with Crippen LogP contribution in [0.2, 0.25) is 0 Å². The predicted molar refractivity (Wildman–Crippen MR) is 136 cm³/mol. The Bertz CT molecular complexity index is 1360. The van der Waals surface area contributed by atoms with Gasteiger partial charge in [-0.3, -0.25) is 14.4 Å². The van der Waals surface area contributed by atoms with E-state index < -0.39 is 11.9 Å². The van der Waals surface area contributed by atoms with E-state index in [-0.39, 0.29) is 30.2 Å². The number of carbonyl (C=O) groups excluding carboxylic acids is 2. The summed E-state index contributed by atoms with van der Waals surface area (Å²) in [6, 6.07) is 24.6. The fraction of sp³-hybridized carbons (Fsp3) is 0.172. The average Bonchev–Trinajstić information content (AvgIpc) is 3.32. The zero-order valence-corrected chi connectivity index (χ0v) is 19.8. The van der Waals surface area contributed by atoms with Gasteiger partial charge >= 0.3 is 5.97 Å². The van der Waals surface area contributed by atoms with E-state index in [0.29, 0.717) is 12.2 Å². The highest BCUT2D eigenvalue weighted by molar-refractivity contribution is 5.97. The van der Waals surface area contributed by atoms with Crippen molar-refractivity contribution >= 4 is 23.3 Å². The molecular formula is C29H26N2O5. The molecule has 1 heterocycles. The normalized spacial score (nSPS) is 11.6. The van der Waals surface area contributed by atoms with Crippen molar-refractivity contribution < 1.29 is 23.9 Å². The Balaban J connectivity index is 1.45. The molecule has 0 aliphatic carbocycles. The lowest BCUT2D eigenvalue weighted by molar-refractivity contribution is -0.141. The Hall–Kier alpha value is -4.52. The van der Waals surface area contributed by atoms with Gasteiger partial charge < -0.3 is 14.8 Å². The van der Waals surface area contributed by atoms with Crippen molar-refractivity contribution in [2.45, 2.75) is 26.2 Å². The fourth-order valence-corrected chi connectivity index (χ4v) is 4.07. The third kappa shape index (κ3) is 6.33. The first kappa shape index (κ1) is 24.6. The minimum absolute atomic E-state index is 0.130. The molecule has 1 aromatic heterocycles. The van der Waals surface area contributed by atoms with E-state index in [1.807, 2.05) is 78.9 Å². The monoisotopic (exact) mass is 482 g/mol. The Morgan fingerprint density at radius 2 is 1.67 bits per heavy atom. The van der Waals surface area contributed by atoms with Crippen LogP contribution >= 0.6 is 0 Å². The van der Waals surface area contributed by atoms with Gasteiger partial charge in [-0.15, -0.1) is 0 Å². The molecule has 0 aliphatic rings. The molecule has 2 N–H and O–H groups in total. The van der Waals surface area contributed by atoms with Gasteiger partial charge in [0.2, 0.25) is 5.91 Å². The van der Waals surface area contributed by atoms with Gasteiger partial charge in [-0.1, -0.05) is 66.7 Å². The number of hydrogen-bond donors (Lipinski definition) is 2. The molecule has 36 heavy (non-hydrogen) atoms. The van der Waals surface area contributed by atoms with Crippen LogP contribution in [0.4, 0.5) is 5.69 Å². The molecule has 0 bridgehead atoms. The number of carboxylic acids is 1. The Kier molecular flexibility index (Phi) is 7.70. The molecule has 0 radical (unpaired) electrons. The molecular weight excluding hydrogens is 456 g/mol. The van der Waals surface area contributed by atoms with Crippen LogP contribution < -0.4 is 5.32 Å². The number of carboxylic acid groups (broad SMARTS) is 1. The maximum Gasteiger partial charge on any atom is 0.307 e. The standard InChI is InChI=1S/C29H26N2O5/c1-19(32)31-25-9-5-8-23(16-25)22-12-10-21(11-13-22)15-27-28(30-18-36-27)26(33)17-24(29(34)35)14-20-6-3-2-4-7-20/h2-13,16,18,24H,14-15,17H2,1H3,(H,31,32)(H,34,35)/t24-/m1/s1. The van der Waals surface area contributed by atoms with E-state index in [1.54, 1.807) is 0 Å². The van der Waals surface area contributed by atoms with Crippen LogP contribution in [0, 0.1) is 5.92 Å². The summed E-state index contributed by atoms with van der Waals surface area (Å²) in [7, 11) is 0. The zero-order chi connectivity index (χ0) is 25.5. The highest BCUT2D eigenvalue weighted by atomic mass is 16.4. The van der Waals surface area contributed by atoms with Crippen LogP contribution in [0.15, 0.2) is 89.7 Å². The van der Waals surface area contributed by atoms with Crippen molar-refractivity contribution in [3.05, 3.63) is 108 Å². The number of oxazole rings is 1. The summed E-state index contributed by atoms with van der Waals surface area (Å²) in [6.07, 6.45) is 1.67. The highest BCUT2D eigenvalue weighted by Gasteiger charge is 2.26. The predicted octanol–water partition coefficient (Wildman–Crippen LogP) is 5.41. The van der Waals surface area contributed by atoms with Crippen molar-refractivity contribution in [1.29, 1.82) is 0 Å². The number of nitrogens with one attached hydrogen (secondary N) is 1. The maximum absolute atomic E-state index is 13.0. The van der Waals surface area contributed by atoms with E-state index in [1.165, 1.54) is 13.3 Å². The van der Waals surface area contributed by atoms with Gasteiger partial charge in [0.25, 0.3) is 0 Å². The first-order valence-corrected chi connectivity index (χ1v) is 11.6. The lowest BCUT2D eigenvalue weighted by Gasteiger charge is -2.11. The second-order valence-electron chi connectivity index (χ2n) is 8.61. The SMILES string of the molecule is CC(=O)Nc1cccc(-c2ccc(Cc3ocnc3C(=O)C[C@@H](Cc3ccccc3)C(=O)O)cc2)c1. The molecule has 1 amide bonds. The lowest BCUT2D eigenvalue weighted by Crippen LogP contribution is -2.21. The smallest absolute Gasteiger partial charge is 0.307 e. The minimum atomic E-state index is -1.02. The maximum atomic E-state index is 13.0. The van der Waals surface area contributed by atoms with Gasteiger partial charge in [-0.25, -0.2) is 4.98 Å². The molecule has 7 heteroatoms. The summed E-state index contributed by atoms with van der Waals surface area (Å²) in [6.45, 7) is 1.47. The Morgan fingerprint density at radius 3 is 2.36 bits per heavy atom. The number of nitrogens with zero attached hydrogens (tertiary/aromatic N) is 1. The number of hydrogen-bond acceptors (Lipinski definition) is 5. The number of carbonyl (C=O) groups is 3. The van der Waals surface area contributed by atoms with E-state index in [0.717, 1.165) is 27.9 Å². The summed E-state index contributed by atoms with van der Waals surface area (Å²) >= 11 is 0. The minimum Gasteiger partial charge on any atom is -0.481 e. The van der Waals surface area contributed by atoms with Crippen molar-refractivity contribution in [2.24, 2.45) is 5.92 Å². The van der Waals surface area contributed by atoms with Gasteiger partial charge in [0, 0.05) is 25.5 Å². The second-order valence-corrected chi connectivity index (χ2v) is 8.61. The van der Waals surface area contributed by atoms with E-state index in [9.17, 15) is 19.5 Å². The highest BCUT2D eigenvalue weighted by Crippen LogP contribution is 2.25. The van der Waals surface area contributed by atoms with Crippen LogP contribution in [0.3, 0.4) is 0 Å². The number of aliphatic carboxylic acids is 1. The molecule has 0 saturated carbocycles. The summed E-state index contributed by atoms with van der Waals surface area (Å²) < 4.78 is 5.50. The van der Waals surface area contributed by atoms with E-state index in [2.05, 4.69) is 10.3 Å². The summed E-state index contributed by atoms with van der Waals surface area (Å²) in [5.41, 5.74) is 4.61. The first-order chi connectivity index (χ1) is 17.4. The van der Waals surface area contributed by atoms with Crippen LogP contribution in [0.1, 0.15) is 40.7 Å². The molecule has 0 saturated heterocycles. The van der Waals surface area contributed by atoms with Crippen molar-refractivity contribution in [2.75, 3.05) is 5.32 Å². The van der Waals surface area contributed by atoms with E-state index in [4.69, 9.17) is 4.42 Å². The number of anilines is 1. The van der Waals surface area contributed by atoms with Crippen molar-refractivity contribution in [3.8, 4) is 11.1 Å². The molecule has 4 aromatic rings. The van der Waals surface area contributed by atoms with E-state index >= 15 is 0 Å². The molecule has 1 atom stereocenters. The number of Topliss-reactive ketones (excluding diaryl/α,β-unsaturated/α-hetero) is 1. The van der Waals surface area contributed by atoms with Crippen LogP contribution in [0.25, 0.3) is 11.1 Å². The third-order valence-corrected chi connectivity index (χ3v) is 5.85. The quantitative estimate of drug-likeness (QED) is 0.293. The largest absolute Gasteiger partial charge is 0.481 e. The Labute approximate surface area is 208 Å². The van der Waals surface area contributed by atoms with Crippen molar-refractivity contribution in [3.63, 3.8) is 0 Å². The number of amides is 1. The zero-order valence-electron chi connectivity index (χ0n) is 19.8. The number of aromatic nitrogens is 1. The number of benzene rings is 3. The number of rotatable bonds is 10. The van der Waals surface area contributed by atoms with Crippen LogP contribution in [-0.2, 0) is 22.4 Å². The van der Waals surface area contributed by atoms with Crippen molar-refractivity contribution in [1.82, 2.24) is 4.98 Å². The molecule has 0 spiro atoms. The van der Waals surface area contributed by atoms with Gasteiger partial charge in [-0.05, 0) is 40.8 Å². The lowest BCUT2D eigenvalue weighted by atomic mass is 9.93. The van der Waals surface area contributed by atoms with Gasteiger partial charge in [0.1, 0.15) is 11.5 Å². The molecule has 4 rings (SSSR count). The second kappa shape index (κ2) is 11.3. The summed E-state index contributed by atoms with van der Waals surface area (Å²) in [4.78, 5) is 40.2. The van der Waals surface area contributed by atoms with Crippen LogP contribution in [-0.4, -0.2) is 27.8 Å². The van der Waals surface area contributed by atoms with Crippen LogP contribution in [0.5, 0.6) is 0 Å². The summed E-state index contributed by atoms with van der Waals surface area (Å²) in [5, 5.41) is 12.4. The first-order valence-electron chi connectivity index (χ1n) is 11.6. The number of ketones is 1. The topological polar surface area (TPSA) is 110 Å². The molecule has 0 fully saturated rings. The third-order valence-electron chi connectivity index (χ3n) is 5.85. The summed E-state index contributed by atoms with van der Waals surface area (Å²) in [5.74, 6) is -1.94. The molecule has 3 aromatic carbocycles. The molecule has 7 nitrogen and oxygen atoms in total.